The number of benzene rings is 1. The first kappa shape index (κ1) is 14.9. The van der Waals surface area contributed by atoms with Crippen LogP contribution in [0.15, 0.2) is 24.3 Å². The summed E-state index contributed by atoms with van der Waals surface area (Å²) in [6, 6.07) is 7.66. The Morgan fingerprint density at radius 2 is 2.11 bits per heavy atom. The molecule has 0 aliphatic rings. The number of aliphatic carboxylic acids is 1. The summed E-state index contributed by atoms with van der Waals surface area (Å²) < 4.78 is 1.07. The average Bonchev–Trinajstić information content (AvgIpc) is 2.27. The second-order valence-electron chi connectivity index (χ2n) is 4.02. The summed E-state index contributed by atoms with van der Waals surface area (Å²) in [5, 5.41) is 8.77. The number of carboxylic acids is 1. The monoisotopic (exact) mass is 361 g/mol. The topological polar surface area (TPSA) is 57.6 Å². The van der Waals surface area contributed by atoms with Crippen molar-refractivity contribution >= 4 is 34.5 Å². The van der Waals surface area contributed by atoms with Crippen molar-refractivity contribution in [2.45, 2.75) is 19.8 Å². The minimum absolute atomic E-state index is 0.138. The zero-order chi connectivity index (χ0) is 13.5. The highest BCUT2D eigenvalue weighted by Crippen LogP contribution is 2.09. The molecule has 0 atom stereocenters. The molecular weight excluding hydrogens is 345 g/mol. The quantitative estimate of drug-likeness (QED) is 0.790. The van der Waals surface area contributed by atoms with E-state index in [2.05, 4.69) is 22.6 Å². The molecule has 1 aromatic rings. The van der Waals surface area contributed by atoms with E-state index in [4.69, 9.17) is 5.11 Å². The van der Waals surface area contributed by atoms with E-state index >= 15 is 0 Å². The average molecular weight is 361 g/mol. The highest BCUT2D eigenvalue weighted by atomic mass is 127. The Kier molecular flexibility index (Phi) is 6.11. The van der Waals surface area contributed by atoms with Gasteiger partial charge in [0.05, 0.1) is 6.42 Å². The van der Waals surface area contributed by atoms with E-state index in [1.54, 1.807) is 0 Å². The fraction of sp³-hybridized carbons (Fsp3) is 0.385. The minimum Gasteiger partial charge on any atom is -0.480 e. The Bertz CT molecular complexity index is 434. The second-order valence-corrected chi connectivity index (χ2v) is 5.26. The molecular formula is C13H16INO3. The lowest BCUT2D eigenvalue weighted by atomic mass is 10.1. The van der Waals surface area contributed by atoms with Gasteiger partial charge in [-0.2, -0.15) is 0 Å². The van der Waals surface area contributed by atoms with E-state index in [0.29, 0.717) is 6.54 Å². The maximum absolute atomic E-state index is 12.0. The molecule has 1 aromatic carbocycles. The van der Waals surface area contributed by atoms with Crippen molar-refractivity contribution in [1.82, 2.24) is 4.90 Å². The Hall–Kier alpha value is -1.11. The molecule has 0 aliphatic carbocycles. The SMILES string of the molecule is CCCN(CC(=O)O)C(=O)Cc1cccc(I)c1. The molecule has 0 radical (unpaired) electrons. The Morgan fingerprint density at radius 1 is 1.39 bits per heavy atom. The number of nitrogens with zero attached hydrogens (tertiary/aromatic N) is 1. The minimum atomic E-state index is -0.973. The lowest BCUT2D eigenvalue weighted by molar-refractivity contribution is -0.144. The first-order valence-electron chi connectivity index (χ1n) is 5.77. The highest BCUT2D eigenvalue weighted by Gasteiger charge is 2.16. The van der Waals surface area contributed by atoms with E-state index in [-0.39, 0.29) is 18.9 Å². The number of amides is 1. The molecule has 0 bridgehead atoms. The zero-order valence-corrected chi connectivity index (χ0v) is 12.4. The maximum atomic E-state index is 12.0. The van der Waals surface area contributed by atoms with Gasteiger partial charge in [0, 0.05) is 10.1 Å². The molecule has 0 unspecified atom stereocenters. The summed E-state index contributed by atoms with van der Waals surface area (Å²) in [5.41, 5.74) is 0.915. The molecule has 1 amide bonds. The third-order valence-electron chi connectivity index (χ3n) is 2.42. The Labute approximate surface area is 120 Å². The third-order valence-corrected chi connectivity index (χ3v) is 3.09. The van der Waals surface area contributed by atoms with Crippen molar-refractivity contribution in [3.8, 4) is 0 Å². The summed E-state index contributed by atoms with van der Waals surface area (Å²) >= 11 is 2.19. The van der Waals surface area contributed by atoms with Gasteiger partial charge in [-0.3, -0.25) is 9.59 Å². The van der Waals surface area contributed by atoms with Gasteiger partial charge in [-0.25, -0.2) is 0 Å². The van der Waals surface area contributed by atoms with Crippen molar-refractivity contribution in [2.24, 2.45) is 0 Å². The van der Waals surface area contributed by atoms with Gasteiger partial charge < -0.3 is 10.0 Å². The van der Waals surface area contributed by atoms with Crippen LogP contribution in [0.1, 0.15) is 18.9 Å². The van der Waals surface area contributed by atoms with Crippen molar-refractivity contribution in [3.63, 3.8) is 0 Å². The van der Waals surface area contributed by atoms with Crippen LogP contribution in [0, 0.1) is 3.57 Å². The Morgan fingerprint density at radius 3 is 2.67 bits per heavy atom. The van der Waals surface area contributed by atoms with E-state index < -0.39 is 5.97 Å². The lowest BCUT2D eigenvalue weighted by Gasteiger charge is -2.20. The van der Waals surface area contributed by atoms with Crippen LogP contribution in [0.3, 0.4) is 0 Å². The van der Waals surface area contributed by atoms with Gasteiger partial charge in [0.2, 0.25) is 5.91 Å². The van der Waals surface area contributed by atoms with Gasteiger partial charge in [-0.1, -0.05) is 19.1 Å². The van der Waals surface area contributed by atoms with Crippen molar-refractivity contribution in [2.75, 3.05) is 13.1 Å². The molecule has 98 valence electrons. The largest absolute Gasteiger partial charge is 0.480 e. The van der Waals surface area contributed by atoms with Gasteiger partial charge in [-0.05, 0) is 46.7 Å². The van der Waals surface area contributed by atoms with Crippen LogP contribution in [0.2, 0.25) is 0 Å². The van der Waals surface area contributed by atoms with Crippen LogP contribution in [0.5, 0.6) is 0 Å². The highest BCUT2D eigenvalue weighted by molar-refractivity contribution is 14.1. The standard InChI is InChI=1S/C13H16INO3/c1-2-6-15(9-13(17)18)12(16)8-10-4-3-5-11(14)7-10/h3-5,7H,2,6,8-9H2,1H3,(H,17,18). The smallest absolute Gasteiger partial charge is 0.323 e. The zero-order valence-electron chi connectivity index (χ0n) is 10.2. The number of rotatable bonds is 6. The van der Waals surface area contributed by atoms with E-state index in [0.717, 1.165) is 15.6 Å². The number of hydrogen-bond acceptors (Lipinski definition) is 2. The summed E-state index contributed by atoms with van der Waals surface area (Å²) in [7, 11) is 0. The molecule has 1 N–H and O–H groups in total. The molecule has 0 fully saturated rings. The summed E-state index contributed by atoms with van der Waals surface area (Å²) in [6.45, 7) is 2.18. The molecule has 0 saturated heterocycles. The van der Waals surface area contributed by atoms with E-state index in [9.17, 15) is 9.59 Å². The van der Waals surface area contributed by atoms with Crippen LogP contribution >= 0.6 is 22.6 Å². The molecule has 0 saturated carbocycles. The van der Waals surface area contributed by atoms with Crippen LogP contribution < -0.4 is 0 Å². The number of halogens is 1. The third kappa shape index (κ3) is 5.03. The van der Waals surface area contributed by atoms with Crippen LogP contribution in [0.4, 0.5) is 0 Å². The number of hydrogen-bond donors (Lipinski definition) is 1. The molecule has 4 nitrogen and oxygen atoms in total. The molecule has 5 heteroatoms. The first-order chi connectivity index (χ1) is 8.52. The van der Waals surface area contributed by atoms with Gasteiger partial charge >= 0.3 is 5.97 Å². The predicted octanol–water partition coefficient (Wildman–Crippen LogP) is 2.16. The maximum Gasteiger partial charge on any atom is 0.323 e. The summed E-state index contributed by atoms with van der Waals surface area (Å²) in [5.74, 6) is -1.11. The molecule has 18 heavy (non-hydrogen) atoms. The van der Waals surface area contributed by atoms with Crippen LogP contribution in [0.25, 0.3) is 0 Å². The number of carboxylic acid groups (broad SMARTS) is 1. The Balaban J connectivity index is 2.69. The van der Waals surface area contributed by atoms with Crippen molar-refractivity contribution in [3.05, 3.63) is 33.4 Å². The van der Waals surface area contributed by atoms with E-state index in [1.807, 2.05) is 31.2 Å². The van der Waals surface area contributed by atoms with Gasteiger partial charge in [0.25, 0.3) is 0 Å². The normalized spacial score (nSPS) is 10.1. The summed E-state index contributed by atoms with van der Waals surface area (Å²) in [4.78, 5) is 24.1. The molecule has 0 heterocycles. The number of carbonyl (C=O) groups is 2. The molecule has 0 aliphatic heterocycles. The van der Waals surface area contributed by atoms with Gasteiger partial charge in [0.15, 0.2) is 0 Å². The van der Waals surface area contributed by atoms with Crippen LogP contribution in [-0.4, -0.2) is 35.0 Å². The van der Waals surface area contributed by atoms with E-state index in [1.165, 1.54) is 4.90 Å². The lowest BCUT2D eigenvalue weighted by Crippen LogP contribution is -2.37. The van der Waals surface area contributed by atoms with Crippen molar-refractivity contribution in [1.29, 1.82) is 0 Å². The predicted molar refractivity (Wildman–Crippen MR) is 77.4 cm³/mol. The first-order valence-corrected chi connectivity index (χ1v) is 6.84. The van der Waals surface area contributed by atoms with Gasteiger partial charge in [0.1, 0.15) is 6.54 Å². The summed E-state index contributed by atoms with van der Waals surface area (Å²) in [6.07, 6.45) is 1.01. The molecule has 0 aromatic heterocycles. The van der Waals surface area contributed by atoms with Crippen molar-refractivity contribution < 1.29 is 14.7 Å². The van der Waals surface area contributed by atoms with Crippen LogP contribution in [-0.2, 0) is 16.0 Å². The molecule has 1 rings (SSSR count). The number of carbonyl (C=O) groups excluding carboxylic acids is 1. The van der Waals surface area contributed by atoms with Gasteiger partial charge in [-0.15, -0.1) is 0 Å². The fourth-order valence-corrected chi connectivity index (χ4v) is 2.27. The fourth-order valence-electron chi connectivity index (χ4n) is 1.66. The molecule has 0 spiro atoms. The second kappa shape index (κ2) is 7.35.